The molecule has 70 valence electrons. The SMILES string of the molecule is CC1(C)[C@H]2CC[C@H](C2)[C@H]1CCN. The topological polar surface area (TPSA) is 26.0 Å². The molecule has 2 N–H and O–H groups in total. The lowest BCUT2D eigenvalue weighted by Crippen LogP contribution is -2.32. The highest BCUT2D eigenvalue weighted by molar-refractivity contribution is 5.01. The first-order valence-electron chi connectivity index (χ1n) is 5.36. The maximum atomic E-state index is 5.66. The molecule has 2 saturated carbocycles. The van der Waals surface area contributed by atoms with E-state index >= 15 is 0 Å². The first-order valence-corrected chi connectivity index (χ1v) is 5.36. The van der Waals surface area contributed by atoms with Crippen LogP contribution in [0.5, 0.6) is 0 Å². The van der Waals surface area contributed by atoms with Crippen LogP contribution < -0.4 is 5.73 Å². The van der Waals surface area contributed by atoms with Crippen LogP contribution in [0, 0.1) is 23.2 Å². The molecule has 2 rings (SSSR count). The Hall–Kier alpha value is -0.0400. The average molecular weight is 167 g/mol. The lowest BCUT2D eigenvalue weighted by molar-refractivity contribution is 0.116. The second-order valence-corrected chi connectivity index (χ2v) is 5.28. The van der Waals surface area contributed by atoms with Gasteiger partial charge in [0.25, 0.3) is 0 Å². The Morgan fingerprint density at radius 1 is 1.33 bits per heavy atom. The minimum atomic E-state index is 0.599. The van der Waals surface area contributed by atoms with Crippen LogP contribution in [0.3, 0.4) is 0 Å². The molecule has 2 bridgehead atoms. The number of fused-ring (bicyclic) bond motifs is 2. The van der Waals surface area contributed by atoms with Gasteiger partial charge in [-0.05, 0) is 55.4 Å². The summed E-state index contributed by atoms with van der Waals surface area (Å²) >= 11 is 0. The van der Waals surface area contributed by atoms with E-state index in [9.17, 15) is 0 Å². The molecule has 2 aliphatic carbocycles. The average Bonchev–Trinajstić information content (AvgIpc) is 2.53. The molecule has 0 aromatic rings. The summed E-state index contributed by atoms with van der Waals surface area (Å²) in [5.41, 5.74) is 6.26. The van der Waals surface area contributed by atoms with Gasteiger partial charge in [0, 0.05) is 0 Å². The Morgan fingerprint density at radius 2 is 2.08 bits per heavy atom. The maximum Gasteiger partial charge on any atom is -0.00743 e. The van der Waals surface area contributed by atoms with Crippen molar-refractivity contribution in [3.8, 4) is 0 Å². The third kappa shape index (κ3) is 1.02. The molecular weight excluding hydrogens is 146 g/mol. The Labute approximate surface area is 75.7 Å². The van der Waals surface area contributed by atoms with Crippen molar-refractivity contribution >= 4 is 0 Å². The molecule has 2 fully saturated rings. The summed E-state index contributed by atoms with van der Waals surface area (Å²) < 4.78 is 0. The molecule has 0 radical (unpaired) electrons. The van der Waals surface area contributed by atoms with Crippen molar-refractivity contribution in [3.63, 3.8) is 0 Å². The van der Waals surface area contributed by atoms with Crippen molar-refractivity contribution < 1.29 is 0 Å². The molecule has 0 heterocycles. The Balaban J connectivity index is 2.12. The predicted molar refractivity (Wildman–Crippen MR) is 51.8 cm³/mol. The van der Waals surface area contributed by atoms with Gasteiger partial charge < -0.3 is 5.73 Å². The number of hydrogen-bond donors (Lipinski definition) is 1. The molecule has 1 nitrogen and oxygen atoms in total. The van der Waals surface area contributed by atoms with E-state index in [0.29, 0.717) is 5.41 Å². The van der Waals surface area contributed by atoms with Gasteiger partial charge in [0.2, 0.25) is 0 Å². The van der Waals surface area contributed by atoms with E-state index < -0.39 is 0 Å². The van der Waals surface area contributed by atoms with Crippen LogP contribution in [0.1, 0.15) is 39.5 Å². The van der Waals surface area contributed by atoms with Crippen LogP contribution >= 0.6 is 0 Å². The van der Waals surface area contributed by atoms with Gasteiger partial charge >= 0.3 is 0 Å². The lowest BCUT2D eigenvalue weighted by Gasteiger charge is -2.38. The molecule has 0 unspecified atom stereocenters. The molecular formula is C11H21N. The molecule has 0 spiro atoms. The monoisotopic (exact) mass is 167 g/mol. The third-order valence-electron chi connectivity index (χ3n) is 4.53. The molecule has 0 saturated heterocycles. The van der Waals surface area contributed by atoms with E-state index in [0.717, 1.165) is 24.3 Å². The predicted octanol–water partition coefficient (Wildman–Crippen LogP) is 2.41. The Morgan fingerprint density at radius 3 is 2.58 bits per heavy atom. The first-order chi connectivity index (χ1) is 5.66. The van der Waals surface area contributed by atoms with Crippen LogP contribution in [0.25, 0.3) is 0 Å². The molecule has 1 heteroatoms. The zero-order valence-electron chi connectivity index (χ0n) is 8.34. The van der Waals surface area contributed by atoms with Gasteiger partial charge in [-0.1, -0.05) is 13.8 Å². The summed E-state index contributed by atoms with van der Waals surface area (Å²) in [5.74, 6) is 2.97. The number of nitrogens with two attached hydrogens (primary N) is 1. The minimum absolute atomic E-state index is 0.599. The fourth-order valence-electron chi connectivity index (χ4n) is 3.76. The van der Waals surface area contributed by atoms with Gasteiger partial charge in [0.1, 0.15) is 0 Å². The van der Waals surface area contributed by atoms with Crippen LogP contribution in [0.4, 0.5) is 0 Å². The summed E-state index contributed by atoms with van der Waals surface area (Å²) in [6.45, 7) is 5.80. The standard InChI is InChI=1S/C11H21N/c1-11(2)9-4-3-8(7-9)10(11)5-6-12/h8-10H,3-7,12H2,1-2H3/t8-,9+,10-/m1/s1. The second-order valence-electron chi connectivity index (χ2n) is 5.28. The highest BCUT2D eigenvalue weighted by atomic mass is 14.6. The van der Waals surface area contributed by atoms with Crippen LogP contribution in [-0.4, -0.2) is 6.54 Å². The normalized spacial score (nSPS) is 43.8. The van der Waals surface area contributed by atoms with E-state index in [-0.39, 0.29) is 0 Å². The second kappa shape index (κ2) is 2.73. The molecule has 0 aromatic heterocycles. The van der Waals surface area contributed by atoms with Crippen LogP contribution in [0.2, 0.25) is 0 Å². The maximum absolute atomic E-state index is 5.66. The van der Waals surface area contributed by atoms with E-state index in [1.54, 1.807) is 0 Å². The van der Waals surface area contributed by atoms with Gasteiger partial charge in [-0.15, -0.1) is 0 Å². The van der Waals surface area contributed by atoms with E-state index in [1.807, 2.05) is 0 Å². The molecule has 0 amide bonds. The Bertz CT molecular complexity index is 174. The number of hydrogen-bond acceptors (Lipinski definition) is 1. The summed E-state index contributed by atoms with van der Waals surface area (Å²) in [5, 5.41) is 0. The van der Waals surface area contributed by atoms with Crippen molar-refractivity contribution in [2.24, 2.45) is 28.9 Å². The van der Waals surface area contributed by atoms with Gasteiger partial charge in [0.15, 0.2) is 0 Å². The zero-order valence-corrected chi connectivity index (χ0v) is 8.34. The van der Waals surface area contributed by atoms with Gasteiger partial charge in [-0.2, -0.15) is 0 Å². The zero-order chi connectivity index (χ0) is 8.77. The minimum Gasteiger partial charge on any atom is -0.330 e. The molecule has 0 aromatic carbocycles. The van der Waals surface area contributed by atoms with Gasteiger partial charge in [-0.3, -0.25) is 0 Å². The van der Waals surface area contributed by atoms with Crippen molar-refractivity contribution in [1.29, 1.82) is 0 Å². The molecule has 12 heavy (non-hydrogen) atoms. The summed E-state index contributed by atoms with van der Waals surface area (Å²) in [6, 6.07) is 0. The van der Waals surface area contributed by atoms with Crippen LogP contribution in [-0.2, 0) is 0 Å². The van der Waals surface area contributed by atoms with Crippen molar-refractivity contribution in [3.05, 3.63) is 0 Å². The third-order valence-corrected chi connectivity index (χ3v) is 4.53. The van der Waals surface area contributed by atoms with Crippen molar-refractivity contribution in [1.82, 2.24) is 0 Å². The van der Waals surface area contributed by atoms with Crippen LogP contribution in [0.15, 0.2) is 0 Å². The fraction of sp³-hybridized carbons (Fsp3) is 1.00. The van der Waals surface area contributed by atoms with Gasteiger partial charge in [-0.25, -0.2) is 0 Å². The summed E-state index contributed by atoms with van der Waals surface area (Å²) in [6.07, 6.45) is 5.73. The van der Waals surface area contributed by atoms with Gasteiger partial charge in [0.05, 0.1) is 0 Å². The van der Waals surface area contributed by atoms with E-state index in [4.69, 9.17) is 5.73 Å². The van der Waals surface area contributed by atoms with Crippen molar-refractivity contribution in [2.45, 2.75) is 39.5 Å². The molecule has 3 atom stereocenters. The lowest BCUT2D eigenvalue weighted by atomic mass is 9.67. The highest BCUT2D eigenvalue weighted by Gasteiger charge is 2.51. The largest absolute Gasteiger partial charge is 0.330 e. The highest BCUT2D eigenvalue weighted by Crippen LogP contribution is 2.60. The smallest absolute Gasteiger partial charge is 0.00743 e. The molecule has 2 aliphatic rings. The first kappa shape index (κ1) is 8.55. The van der Waals surface area contributed by atoms with E-state index in [2.05, 4.69) is 13.8 Å². The number of rotatable bonds is 2. The Kier molecular flexibility index (Phi) is 1.95. The summed E-state index contributed by atoms with van der Waals surface area (Å²) in [7, 11) is 0. The van der Waals surface area contributed by atoms with E-state index in [1.165, 1.54) is 25.7 Å². The quantitative estimate of drug-likeness (QED) is 0.671. The fourth-order valence-corrected chi connectivity index (χ4v) is 3.76. The summed E-state index contributed by atoms with van der Waals surface area (Å²) in [4.78, 5) is 0. The molecule has 0 aliphatic heterocycles. The van der Waals surface area contributed by atoms with Crippen molar-refractivity contribution in [2.75, 3.05) is 6.54 Å².